The van der Waals surface area contributed by atoms with Crippen LogP contribution in [0.3, 0.4) is 0 Å². The van der Waals surface area contributed by atoms with Crippen molar-refractivity contribution in [2.45, 2.75) is 32.5 Å². The van der Waals surface area contributed by atoms with Crippen LogP contribution < -0.4 is 5.32 Å². The van der Waals surface area contributed by atoms with Gasteiger partial charge in [-0.15, -0.1) is 0 Å². The van der Waals surface area contributed by atoms with Crippen molar-refractivity contribution in [2.75, 3.05) is 0 Å². The van der Waals surface area contributed by atoms with Crippen molar-refractivity contribution in [1.82, 2.24) is 10.2 Å². The molecule has 0 radical (unpaired) electrons. The summed E-state index contributed by atoms with van der Waals surface area (Å²) in [6.45, 7) is 4.43. The second-order valence-corrected chi connectivity index (χ2v) is 7.23. The number of benzene rings is 2. The van der Waals surface area contributed by atoms with Crippen LogP contribution >= 0.6 is 11.6 Å². The molecule has 28 heavy (non-hydrogen) atoms. The number of carboxylic acids is 1. The van der Waals surface area contributed by atoms with Gasteiger partial charge in [0.05, 0.1) is 5.56 Å². The van der Waals surface area contributed by atoms with Crippen molar-refractivity contribution in [1.29, 1.82) is 0 Å². The molecule has 1 unspecified atom stereocenters. The number of hydrogen-bond acceptors (Lipinski definition) is 4. The Morgan fingerprint density at radius 2 is 1.89 bits per heavy atom. The van der Waals surface area contributed by atoms with E-state index in [9.17, 15) is 15.0 Å². The van der Waals surface area contributed by atoms with E-state index in [2.05, 4.69) is 5.32 Å². The van der Waals surface area contributed by atoms with Crippen LogP contribution in [-0.4, -0.2) is 26.7 Å². The van der Waals surface area contributed by atoms with Gasteiger partial charge in [-0.1, -0.05) is 67.1 Å². The van der Waals surface area contributed by atoms with E-state index >= 15 is 0 Å². The number of rotatable bonds is 6. The molecule has 2 aromatic carbocycles. The maximum absolute atomic E-state index is 11.5. The summed E-state index contributed by atoms with van der Waals surface area (Å²) in [7, 11) is 0. The number of halogens is 1. The Hall–Kier alpha value is -2.92. The molecule has 0 spiro atoms. The Morgan fingerprint density at radius 3 is 2.54 bits per heavy atom. The molecule has 0 aromatic heterocycles. The highest BCUT2D eigenvalue weighted by molar-refractivity contribution is 6.29. The van der Waals surface area contributed by atoms with Crippen LogP contribution in [0.25, 0.3) is 11.1 Å². The average molecular weight is 399 g/mol. The highest BCUT2D eigenvalue weighted by Gasteiger charge is 2.39. The minimum absolute atomic E-state index is 0.00483. The maximum atomic E-state index is 11.5. The molecule has 6 heteroatoms. The summed E-state index contributed by atoms with van der Waals surface area (Å²) in [6, 6.07) is 14.6. The van der Waals surface area contributed by atoms with Gasteiger partial charge in [0.2, 0.25) is 5.88 Å². The first-order chi connectivity index (χ1) is 13.4. The summed E-state index contributed by atoms with van der Waals surface area (Å²) < 4.78 is 0. The zero-order valence-electron chi connectivity index (χ0n) is 15.8. The first kappa shape index (κ1) is 19.8. The van der Waals surface area contributed by atoms with Crippen LogP contribution in [0.5, 0.6) is 0 Å². The molecule has 1 aliphatic heterocycles. The number of aliphatic hydroxyl groups is 1. The lowest BCUT2D eigenvalue weighted by Crippen LogP contribution is -2.47. The molecule has 0 aliphatic carbocycles. The van der Waals surface area contributed by atoms with Gasteiger partial charge in [0, 0.05) is 6.54 Å². The molecule has 3 rings (SSSR count). The SMILES string of the molecule is CC/C=C/C1(C)NC(Cl)=C(O)N1Cc1ccc(-c2ccccc2C(=O)O)cc1. The Labute approximate surface area is 169 Å². The van der Waals surface area contributed by atoms with Gasteiger partial charge in [0.25, 0.3) is 0 Å². The Bertz CT molecular complexity index is 937. The Morgan fingerprint density at radius 1 is 1.21 bits per heavy atom. The number of nitrogens with one attached hydrogen (secondary N) is 1. The summed E-state index contributed by atoms with van der Waals surface area (Å²) in [4.78, 5) is 13.2. The van der Waals surface area contributed by atoms with Crippen LogP contribution in [0.15, 0.2) is 71.7 Å². The highest BCUT2D eigenvalue weighted by atomic mass is 35.5. The Kier molecular flexibility index (Phi) is 5.66. The van der Waals surface area contributed by atoms with Crippen LogP contribution in [0.1, 0.15) is 36.2 Å². The largest absolute Gasteiger partial charge is 0.492 e. The second kappa shape index (κ2) is 7.98. The van der Waals surface area contributed by atoms with E-state index < -0.39 is 11.6 Å². The van der Waals surface area contributed by atoms with Gasteiger partial charge in [0.1, 0.15) is 5.66 Å². The topological polar surface area (TPSA) is 72.8 Å². The highest BCUT2D eigenvalue weighted by Crippen LogP contribution is 2.32. The number of nitrogens with zero attached hydrogens (tertiary/aromatic N) is 1. The zero-order valence-corrected chi connectivity index (χ0v) is 16.6. The van der Waals surface area contributed by atoms with Gasteiger partial charge in [-0.25, -0.2) is 4.79 Å². The lowest BCUT2D eigenvalue weighted by molar-refractivity contribution is 0.0697. The fourth-order valence-electron chi connectivity index (χ4n) is 3.30. The third-order valence-electron chi connectivity index (χ3n) is 4.82. The van der Waals surface area contributed by atoms with Crippen molar-refractivity contribution >= 4 is 17.6 Å². The van der Waals surface area contributed by atoms with Crippen molar-refractivity contribution < 1.29 is 15.0 Å². The minimum Gasteiger partial charge on any atom is -0.492 e. The second-order valence-electron chi connectivity index (χ2n) is 6.85. The molecular weight excluding hydrogens is 376 g/mol. The fraction of sp³-hybridized carbons (Fsp3) is 0.227. The Balaban J connectivity index is 1.86. The molecule has 0 bridgehead atoms. The van der Waals surface area contributed by atoms with Crippen LogP contribution in [0.2, 0.25) is 0 Å². The predicted molar refractivity (Wildman–Crippen MR) is 111 cm³/mol. The summed E-state index contributed by atoms with van der Waals surface area (Å²) >= 11 is 6.13. The van der Waals surface area contributed by atoms with E-state index in [1.54, 1.807) is 23.1 Å². The number of aliphatic hydroxyl groups excluding tert-OH is 1. The molecule has 1 aliphatic rings. The molecule has 0 saturated heterocycles. The average Bonchev–Trinajstić information content (AvgIpc) is 2.90. The van der Waals surface area contributed by atoms with Crippen molar-refractivity contribution in [3.8, 4) is 11.1 Å². The number of aromatic carboxylic acids is 1. The van der Waals surface area contributed by atoms with Crippen LogP contribution in [0, 0.1) is 0 Å². The van der Waals surface area contributed by atoms with Gasteiger partial charge >= 0.3 is 5.97 Å². The molecule has 0 amide bonds. The number of hydrogen-bond donors (Lipinski definition) is 3. The standard InChI is InChI=1S/C22H23ClN2O3/c1-3-4-13-22(2)24-19(23)20(26)25(22)14-15-9-11-16(12-10-15)17-7-5-6-8-18(17)21(27)28/h4-13,24,26H,3,14H2,1-2H3,(H,27,28)/b13-4+. The first-order valence-corrected chi connectivity index (χ1v) is 9.47. The van der Waals surface area contributed by atoms with Crippen LogP contribution in [0.4, 0.5) is 0 Å². The van der Waals surface area contributed by atoms with E-state index in [1.807, 2.05) is 56.3 Å². The zero-order chi connectivity index (χ0) is 20.3. The van der Waals surface area contributed by atoms with Crippen molar-refractivity contribution in [3.05, 3.63) is 82.8 Å². The third kappa shape index (κ3) is 3.85. The predicted octanol–water partition coefficient (Wildman–Crippen LogP) is 5.06. The molecule has 1 heterocycles. The smallest absolute Gasteiger partial charge is 0.336 e. The van der Waals surface area contributed by atoms with Gasteiger partial charge in [-0.2, -0.15) is 0 Å². The molecule has 3 N–H and O–H groups in total. The maximum Gasteiger partial charge on any atom is 0.336 e. The van der Waals surface area contributed by atoms with Crippen LogP contribution in [-0.2, 0) is 6.54 Å². The third-order valence-corrected chi connectivity index (χ3v) is 5.08. The number of allylic oxidation sites excluding steroid dienone is 1. The van der Waals surface area contributed by atoms with E-state index in [-0.39, 0.29) is 16.6 Å². The van der Waals surface area contributed by atoms with E-state index in [0.29, 0.717) is 12.1 Å². The molecule has 2 aromatic rings. The lowest BCUT2D eigenvalue weighted by Gasteiger charge is -2.34. The molecule has 0 saturated carbocycles. The van der Waals surface area contributed by atoms with Gasteiger partial charge in [0.15, 0.2) is 5.16 Å². The summed E-state index contributed by atoms with van der Waals surface area (Å²) in [6.07, 6.45) is 4.88. The molecule has 1 atom stereocenters. The van der Waals surface area contributed by atoms with Crippen molar-refractivity contribution in [2.24, 2.45) is 0 Å². The van der Waals surface area contributed by atoms with Crippen molar-refractivity contribution in [3.63, 3.8) is 0 Å². The molecule has 0 fully saturated rings. The normalized spacial score (nSPS) is 19.3. The van der Waals surface area contributed by atoms with Gasteiger partial charge in [-0.05, 0) is 42.2 Å². The summed E-state index contributed by atoms with van der Waals surface area (Å²) in [5.74, 6) is -0.948. The van der Waals surface area contributed by atoms with E-state index in [0.717, 1.165) is 17.5 Å². The number of carboxylic acid groups (broad SMARTS) is 1. The first-order valence-electron chi connectivity index (χ1n) is 9.09. The fourth-order valence-corrected chi connectivity index (χ4v) is 3.59. The monoisotopic (exact) mass is 398 g/mol. The quantitative estimate of drug-likeness (QED) is 0.468. The van der Waals surface area contributed by atoms with Gasteiger partial charge in [-0.3, -0.25) is 0 Å². The summed E-state index contributed by atoms with van der Waals surface area (Å²) in [5, 5.41) is 23.1. The summed E-state index contributed by atoms with van der Waals surface area (Å²) in [5.41, 5.74) is 2.11. The minimum atomic E-state index is -0.953. The van der Waals surface area contributed by atoms with E-state index in [1.165, 1.54) is 0 Å². The van der Waals surface area contributed by atoms with E-state index in [4.69, 9.17) is 11.6 Å². The molecule has 5 nitrogen and oxygen atoms in total. The van der Waals surface area contributed by atoms with Gasteiger partial charge < -0.3 is 20.4 Å². The lowest BCUT2D eigenvalue weighted by atomic mass is 9.98. The molecular formula is C22H23ClN2O3. The molecule has 146 valence electrons. The number of carbonyl (C=O) groups is 1.